The lowest BCUT2D eigenvalue weighted by molar-refractivity contribution is -0.121. The smallest absolute Gasteiger partial charge is 0.265 e. The van der Waals surface area contributed by atoms with Crippen LogP contribution in [-0.4, -0.2) is 29.9 Å². The summed E-state index contributed by atoms with van der Waals surface area (Å²) in [6, 6.07) is 5.73. The zero-order valence-corrected chi connectivity index (χ0v) is 15.4. The first kappa shape index (κ1) is 17.4. The molecule has 0 unspecified atom stereocenters. The highest BCUT2D eigenvalue weighted by atomic mass is 32.1. The number of carbonyl (C=O) groups is 2. The molecule has 6 nitrogen and oxygen atoms in total. The van der Waals surface area contributed by atoms with Crippen molar-refractivity contribution >= 4 is 34.0 Å². The molecule has 0 radical (unpaired) electrons. The Morgan fingerprint density at radius 1 is 1.40 bits per heavy atom. The number of hydrogen-bond acceptors (Lipinski definition) is 5. The van der Waals surface area contributed by atoms with Gasteiger partial charge in [-0.15, -0.1) is 11.3 Å². The van der Waals surface area contributed by atoms with Gasteiger partial charge in [-0.1, -0.05) is 6.92 Å². The van der Waals surface area contributed by atoms with Crippen LogP contribution in [0.4, 0.5) is 10.8 Å². The number of thiazole rings is 1. The first-order chi connectivity index (χ1) is 12.0. The number of rotatable bonds is 5. The van der Waals surface area contributed by atoms with Crippen LogP contribution in [-0.2, 0) is 9.59 Å². The molecule has 1 aromatic heterocycles. The number of benzene rings is 1. The first-order valence-electron chi connectivity index (χ1n) is 8.38. The number of carbonyl (C=O) groups excluding carboxylic acids is 2. The number of aromatic nitrogens is 1. The minimum atomic E-state index is -0.0466. The lowest BCUT2D eigenvalue weighted by Gasteiger charge is -2.28. The molecule has 1 N–H and O–H groups in total. The third-order valence-corrected chi connectivity index (χ3v) is 4.90. The van der Waals surface area contributed by atoms with Crippen molar-refractivity contribution in [3.63, 3.8) is 0 Å². The molecule has 1 aliphatic heterocycles. The van der Waals surface area contributed by atoms with E-state index in [9.17, 15) is 9.59 Å². The van der Waals surface area contributed by atoms with Gasteiger partial charge in [0.15, 0.2) is 11.7 Å². The minimum absolute atomic E-state index is 0.0237. The molecule has 3 rings (SSSR count). The van der Waals surface area contributed by atoms with Gasteiger partial charge in [-0.3, -0.25) is 9.59 Å². The van der Waals surface area contributed by atoms with Crippen LogP contribution in [0, 0.1) is 6.92 Å². The van der Waals surface area contributed by atoms with Crippen molar-refractivity contribution in [1.82, 2.24) is 4.98 Å². The van der Waals surface area contributed by atoms with Crippen LogP contribution in [0.25, 0.3) is 11.3 Å². The van der Waals surface area contributed by atoms with E-state index in [1.54, 1.807) is 4.90 Å². The molecule has 2 amide bonds. The van der Waals surface area contributed by atoms with E-state index in [0.717, 1.165) is 28.2 Å². The van der Waals surface area contributed by atoms with Crippen molar-refractivity contribution in [2.45, 2.75) is 33.6 Å². The number of aryl methyl sites for hydroxylation is 1. The maximum Gasteiger partial charge on any atom is 0.265 e. The highest BCUT2D eigenvalue weighted by molar-refractivity contribution is 7.16. The summed E-state index contributed by atoms with van der Waals surface area (Å²) < 4.78 is 5.51. The van der Waals surface area contributed by atoms with Crippen molar-refractivity contribution in [2.75, 3.05) is 23.4 Å². The van der Waals surface area contributed by atoms with Gasteiger partial charge in [0.2, 0.25) is 5.91 Å². The third-order valence-electron chi connectivity index (χ3n) is 4.01. The Hall–Kier alpha value is -2.41. The van der Waals surface area contributed by atoms with Crippen LogP contribution in [0.15, 0.2) is 18.2 Å². The number of amides is 2. The second-order valence-electron chi connectivity index (χ2n) is 5.83. The van der Waals surface area contributed by atoms with E-state index < -0.39 is 0 Å². The van der Waals surface area contributed by atoms with Crippen LogP contribution < -0.4 is 15.0 Å². The Kier molecular flexibility index (Phi) is 5.03. The van der Waals surface area contributed by atoms with Crippen LogP contribution in [0.2, 0.25) is 0 Å². The zero-order chi connectivity index (χ0) is 18.0. The van der Waals surface area contributed by atoms with E-state index in [1.165, 1.54) is 11.3 Å². The van der Waals surface area contributed by atoms with E-state index in [0.29, 0.717) is 23.8 Å². The maximum atomic E-state index is 12.0. The molecular weight excluding hydrogens is 338 g/mol. The van der Waals surface area contributed by atoms with Crippen molar-refractivity contribution in [1.29, 1.82) is 0 Å². The highest BCUT2D eigenvalue weighted by Gasteiger charge is 2.25. The molecule has 0 fully saturated rings. The molecule has 1 aliphatic rings. The van der Waals surface area contributed by atoms with Gasteiger partial charge in [0.1, 0.15) is 5.75 Å². The van der Waals surface area contributed by atoms with E-state index in [4.69, 9.17) is 4.74 Å². The van der Waals surface area contributed by atoms with Gasteiger partial charge in [-0.05, 0) is 38.5 Å². The molecule has 0 bridgehead atoms. The molecule has 25 heavy (non-hydrogen) atoms. The number of anilines is 2. The van der Waals surface area contributed by atoms with Crippen LogP contribution in [0.3, 0.4) is 0 Å². The summed E-state index contributed by atoms with van der Waals surface area (Å²) in [5, 5.41) is 3.44. The fraction of sp³-hybridized carbons (Fsp3) is 0.389. The minimum Gasteiger partial charge on any atom is -0.482 e. The Morgan fingerprint density at radius 2 is 2.20 bits per heavy atom. The predicted molar refractivity (Wildman–Crippen MR) is 99.3 cm³/mol. The summed E-state index contributed by atoms with van der Waals surface area (Å²) >= 11 is 1.45. The van der Waals surface area contributed by atoms with Crippen LogP contribution in [0.5, 0.6) is 5.75 Å². The first-order valence-corrected chi connectivity index (χ1v) is 9.20. The second-order valence-corrected chi connectivity index (χ2v) is 7.03. The van der Waals surface area contributed by atoms with Crippen molar-refractivity contribution in [3.8, 4) is 17.0 Å². The number of fused-ring (bicyclic) bond motifs is 1. The van der Waals surface area contributed by atoms with Gasteiger partial charge in [0, 0.05) is 23.4 Å². The van der Waals surface area contributed by atoms with Gasteiger partial charge in [0.25, 0.3) is 5.91 Å². The molecule has 7 heteroatoms. The molecule has 132 valence electrons. The Bertz CT molecular complexity index is 816. The molecule has 1 aromatic carbocycles. The lowest BCUT2D eigenvalue weighted by Crippen LogP contribution is -2.38. The Morgan fingerprint density at radius 3 is 2.92 bits per heavy atom. The van der Waals surface area contributed by atoms with E-state index in [1.807, 2.05) is 39.0 Å². The normalized spacial score (nSPS) is 13.4. The topological polar surface area (TPSA) is 71.5 Å². The summed E-state index contributed by atoms with van der Waals surface area (Å²) in [6.45, 7) is 6.54. The van der Waals surface area contributed by atoms with Gasteiger partial charge in [-0.25, -0.2) is 4.98 Å². The summed E-state index contributed by atoms with van der Waals surface area (Å²) in [5.74, 6) is 0.633. The highest BCUT2D eigenvalue weighted by Crippen LogP contribution is 2.38. The number of likely N-dealkylation sites (N-methyl/N-ethyl adjacent to an activating group) is 1. The van der Waals surface area contributed by atoms with Crippen molar-refractivity contribution in [3.05, 3.63) is 23.1 Å². The van der Waals surface area contributed by atoms with E-state index >= 15 is 0 Å². The maximum absolute atomic E-state index is 12.0. The average molecular weight is 359 g/mol. The zero-order valence-electron chi connectivity index (χ0n) is 14.6. The van der Waals surface area contributed by atoms with Crippen molar-refractivity contribution in [2.24, 2.45) is 0 Å². The predicted octanol–water partition coefficient (Wildman–Crippen LogP) is 3.60. The summed E-state index contributed by atoms with van der Waals surface area (Å²) in [4.78, 5) is 31.1. The largest absolute Gasteiger partial charge is 0.482 e. The van der Waals surface area contributed by atoms with Gasteiger partial charge in [-0.2, -0.15) is 0 Å². The van der Waals surface area contributed by atoms with E-state index in [-0.39, 0.29) is 18.4 Å². The Balaban J connectivity index is 1.92. The molecule has 0 spiro atoms. The standard InChI is InChI=1S/C18H21N3O3S/c1-4-6-15(22)19-18-20-17(11(3)25-18)12-7-8-14-13(9-12)21(5-2)16(23)10-24-14/h7-9H,4-6,10H2,1-3H3,(H,19,20,22). The molecule has 0 saturated heterocycles. The van der Waals surface area contributed by atoms with Crippen LogP contribution in [0.1, 0.15) is 31.6 Å². The molecule has 0 atom stereocenters. The second kappa shape index (κ2) is 7.23. The molecule has 2 heterocycles. The van der Waals surface area contributed by atoms with Gasteiger partial charge >= 0.3 is 0 Å². The fourth-order valence-corrected chi connectivity index (χ4v) is 3.67. The quantitative estimate of drug-likeness (QED) is 0.885. The fourth-order valence-electron chi connectivity index (χ4n) is 2.82. The van der Waals surface area contributed by atoms with Gasteiger partial charge in [0.05, 0.1) is 11.4 Å². The number of nitrogens with zero attached hydrogens (tertiary/aromatic N) is 2. The monoisotopic (exact) mass is 359 g/mol. The molecule has 0 aliphatic carbocycles. The third kappa shape index (κ3) is 3.51. The van der Waals surface area contributed by atoms with Crippen molar-refractivity contribution < 1.29 is 14.3 Å². The molecule has 0 saturated carbocycles. The molecule has 2 aromatic rings. The number of nitrogens with one attached hydrogen (secondary N) is 1. The summed E-state index contributed by atoms with van der Waals surface area (Å²) in [6.07, 6.45) is 1.28. The molecular formula is C18H21N3O3S. The summed E-state index contributed by atoms with van der Waals surface area (Å²) in [7, 11) is 0. The van der Waals surface area contributed by atoms with Gasteiger partial charge < -0.3 is 15.0 Å². The van der Waals surface area contributed by atoms with E-state index in [2.05, 4.69) is 10.3 Å². The van der Waals surface area contributed by atoms with Crippen LogP contribution >= 0.6 is 11.3 Å². The lowest BCUT2D eigenvalue weighted by atomic mass is 10.1. The average Bonchev–Trinajstić information content (AvgIpc) is 2.94. The Labute approximate surface area is 150 Å². The number of hydrogen-bond donors (Lipinski definition) is 1. The number of ether oxygens (including phenoxy) is 1. The summed E-state index contributed by atoms with van der Waals surface area (Å²) in [5.41, 5.74) is 2.48. The SMILES string of the molecule is CCCC(=O)Nc1nc(-c2ccc3c(c2)N(CC)C(=O)CO3)c(C)s1.